The van der Waals surface area contributed by atoms with Crippen molar-refractivity contribution in [2.45, 2.75) is 212 Å². The smallest absolute Gasteiger partial charge is 0.159 e. The number of carbonyl (C=O) groups is 4. The maximum atomic E-state index is 11.2. The maximum Gasteiger partial charge on any atom is 0.159 e. The maximum absolute atomic E-state index is 11.2. The van der Waals surface area contributed by atoms with Crippen molar-refractivity contribution in [1.29, 1.82) is 0 Å². The fourth-order valence-electron chi connectivity index (χ4n) is 14.5. The van der Waals surface area contributed by atoms with Crippen LogP contribution in [0.15, 0.2) is 253 Å². The number of allylic oxidation sites excluding steroid dienone is 8. The Bertz CT molecular complexity index is 5950. The number of pyridine rings is 4. The molecule has 4 heterocycles. The number of Topliss-reactive ketones (excluding diaryl/α,β-unsaturated/α-hetero) is 1. The van der Waals surface area contributed by atoms with Gasteiger partial charge in [0, 0.05) is 139 Å². The third kappa shape index (κ3) is 41.9. The number of fused-ring (bicyclic) bond motifs is 3. The molecule has 13 rings (SSSR count). The SMILES string of the molecule is CC(=O)C(C)=C(C)O.CC(=O)C=C(C)O.CC(=O)C=C(C)O.CC(C)CC(=O)C=C(O)CC(C)C.Cc1[c-]c(-c2cc(CC(C)C)c3cc(-c4ccccc4)ccc3n2)cc(C)c1.Cc1[c-]c(-c2cc(CC(C)C)c3cc(C)ccc3n2)cc(C)c1.Cc1[c-]c(-c2cc(CC(C)C)c3ccccc3n2)cc(C)c1.Cc1cc(C)cc(-c2ccnc(-c3[c-]cccc3)c2)c1.[Ir].[Ir].[Ir].[Ir]. The Balaban J connectivity index is 0.000000530. The molecule has 9 aromatic carbocycles. The van der Waals surface area contributed by atoms with Gasteiger partial charge < -0.3 is 25.4 Å². The van der Waals surface area contributed by atoms with E-state index in [1.165, 1.54) is 148 Å². The first kappa shape index (κ1) is 118. The fourth-order valence-corrected chi connectivity index (χ4v) is 14.5. The molecule has 13 aromatic rings. The first-order valence-corrected chi connectivity index (χ1v) is 44.3. The molecular formula is C116H134Ir4N4O8-4. The quantitative estimate of drug-likeness (QED) is 0.0320. The molecule has 0 spiro atoms. The van der Waals surface area contributed by atoms with Gasteiger partial charge in [-0.15, -0.1) is 141 Å². The number of hydrogen-bond donors (Lipinski definition) is 4. The monoisotopic (exact) mass is 2480 g/mol. The summed E-state index contributed by atoms with van der Waals surface area (Å²) < 4.78 is 0. The largest absolute Gasteiger partial charge is 0.512 e. The summed E-state index contributed by atoms with van der Waals surface area (Å²) in [7, 11) is 0. The first-order chi connectivity index (χ1) is 60.4. The van der Waals surface area contributed by atoms with Crippen LogP contribution in [0.2, 0.25) is 0 Å². The van der Waals surface area contributed by atoms with Crippen LogP contribution in [0.4, 0.5) is 0 Å². The van der Waals surface area contributed by atoms with E-state index < -0.39 is 0 Å². The molecule has 706 valence electrons. The molecule has 4 aromatic heterocycles. The van der Waals surface area contributed by atoms with Crippen LogP contribution in [-0.4, -0.2) is 63.5 Å². The van der Waals surface area contributed by atoms with Gasteiger partial charge in [0.2, 0.25) is 0 Å². The van der Waals surface area contributed by atoms with Gasteiger partial charge in [0.1, 0.15) is 0 Å². The summed E-state index contributed by atoms with van der Waals surface area (Å²) in [6, 6.07) is 84.3. The van der Waals surface area contributed by atoms with Crippen molar-refractivity contribution in [1.82, 2.24) is 19.9 Å². The number of carbonyl (C=O) groups excluding carboxylic acids is 4. The molecule has 0 aliphatic rings. The van der Waals surface area contributed by atoms with Crippen molar-refractivity contribution in [3.8, 4) is 67.3 Å². The van der Waals surface area contributed by atoms with Gasteiger partial charge in [-0.3, -0.25) is 34.1 Å². The zero-order valence-electron chi connectivity index (χ0n) is 81.8. The number of benzene rings is 9. The molecule has 132 heavy (non-hydrogen) atoms. The predicted molar refractivity (Wildman–Crippen MR) is 536 cm³/mol. The summed E-state index contributed by atoms with van der Waals surface area (Å²) in [5.74, 6) is 2.72. The molecule has 0 aliphatic carbocycles. The summed E-state index contributed by atoms with van der Waals surface area (Å²) in [5, 5.41) is 38.5. The van der Waals surface area contributed by atoms with E-state index in [2.05, 4.69) is 309 Å². The minimum atomic E-state index is -0.125. The number of hydrogen-bond acceptors (Lipinski definition) is 12. The molecule has 0 bridgehead atoms. The molecule has 0 unspecified atom stereocenters. The molecule has 0 fully saturated rings. The van der Waals surface area contributed by atoms with Crippen LogP contribution in [0.5, 0.6) is 0 Å². The molecule has 0 atom stereocenters. The Labute approximate surface area is 841 Å². The van der Waals surface area contributed by atoms with Gasteiger partial charge in [-0.2, -0.15) is 0 Å². The van der Waals surface area contributed by atoms with Gasteiger partial charge in [0.05, 0.1) is 39.6 Å². The molecule has 4 N–H and O–H groups in total. The minimum absolute atomic E-state index is 0. The van der Waals surface area contributed by atoms with Crippen molar-refractivity contribution in [3.63, 3.8) is 0 Å². The Kier molecular flexibility index (Phi) is 52.4. The zero-order chi connectivity index (χ0) is 94.8. The molecule has 12 nitrogen and oxygen atoms in total. The number of aliphatic hydroxyl groups is 4. The second kappa shape index (κ2) is 58.7. The van der Waals surface area contributed by atoms with Crippen molar-refractivity contribution in [2.24, 2.45) is 29.6 Å². The van der Waals surface area contributed by atoms with Crippen LogP contribution >= 0.6 is 0 Å². The van der Waals surface area contributed by atoms with Crippen molar-refractivity contribution >= 4 is 55.8 Å². The first-order valence-electron chi connectivity index (χ1n) is 44.3. The van der Waals surface area contributed by atoms with Crippen LogP contribution in [-0.2, 0) is 119 Å². The van der Waals surface area contributed by atoms with Gasteiger partial charge in [-0.05, 0) is 216 Å². The molecule has 4 radical (unpaired) electrons. The van der Waals surface area contributed by atoms with Gasteiger partial charge in [-0.1, -0.05) is 231 Å². The van der Waals surface area contributed by atoms with E-state index in [1.807, 2.05) is 58.2 Å². The van der Waals surface area contributed by atoms with E-state index >= 15 is 0 Å². The van der Waals surface area contributed by atoms with Crippen molar-refractivity contribution < 1.29 is 120 Å². The molecule has 0 aliphatic heterocycles. The second-order valence-corrected chi connectivity index (χ2v) is 35.6. The Morgan fingerprint density at radius 3 is 1.13 bits per heavy atom. The number of aliphatic hydroxyl groups excluding tert-OH is 4. The van der Waals surface area contributed by atoms with Crippen molar-refractivity contribution in [3.05, 3.63) is 344 Å². The van der Waals surface area contributed by atoms with Gasteiger partial charge in [0.25, 0.3) is 0 Å². The van der Waals surface area contributed by atoms with Crippen LogP contribution in [0.25, 0.3) is 100.0 Å². The molecule has 16 heteroatoms. The average molecular weight is 2480 g/mol. The number of para-hydroxylation sites is 1. The number of aryl methyl sites for hydroxylation is 9. The second-order valence-electron chi connectivity index (χ2n) is 35.6. The summed E-state index contributed by atoms with van der Waals surface area (Å²) >= 11 is 0. The Morgan fingerprint density at radius 1 is 0.341 bits per heavy atom. The zero-order valence-corrected chi connectivity index (χ0v) is 91.4. The summed E-state index contributed by atoms with van der Waals surface area (Å²) in [4.78, 5) is 60.8. The molecule has 0 saturated carbocycles. The van der Waals surface area contributed by atoms with Crippen LogP contribution in [0.1, 0.15) is 197 Å². The predicted octanol–water partition coefficient (Wildman–Crippen LogP) is 29.9. The van der Waals surface area contributed by atoms with E-state index in [9.17, 15) is 24.3 Å². The van der Waals surface area contributed by atoms with Gasteiger partial charge in [0.15, 0.2) is 23.1 Å². The molecular weight excluding hydrogens is 2350 g/mol. The number of ketones is 4. The van der Waals surface area contributed by atoms with Crippen molar-refractivity contribution in [2.75, 3.05) is 0 Å². The van der Waals surface area contributed by atoms with Crippen LogP contribution < -0.4 is 0 Å². The van der Waals surface area contributed by atoms with E-state index in [0.29, 0.717) is 48.0 Å². The number of rotatable bonds is 20. The third-order valence-electron chi connectivity index (χ3n) is 19.8. The van der Waals surface area contributed by atoms with E-state index in [0.717, 1.165) is 97.5 Å². The normalized spacial score (nSPS) is 11.1. The average Bonchev–Trinajstić information content (AvgIpc) is 0.708. The third-order valence-corrected chi connectivity index (χ3v) is 19.8. The summed E-state index contributed by atoms with van der Waals surface area (Å²) in [6.45, 7) is 50.9. The Hall–Kier alpha value is -10.2. The van der Waals surface area contributed by atoms with Crippen LogP contribution in [0.3, 0.4) is 0 Å². The molecule has 0 saturated heterocycles. The van der Waals surface area contributed by atoms with E-state index in [-0.39, 0.29) is 127 Å². The van der Waals surface area contributed by atoms with E-state index in [4.69, 9.17) is 30.3 Å². The number of nitrogens with zero attached hydrogens (tertiary/aromatic N) is 4. The Morgan fingerprint density at radius 2 is 0.742 bits per heavy atom. The van der Waals surface area contributed by atoms with E-state index in [1.54, 1.807) is 6.92 Å². The standard InChI is InChI=1S/C27H26N.C22H24N.C21H22N.C19H16N.C11H20O2.C6H10O2.2C5H8O2.4Ir/c1-18(2)12-23-17-27(24-14-19(3)13-20(4)15-24)28-26-11-10-22(16-25(23)26)21-8-6-5-7-9-21;1-14(2)8-18-13-22(19-10-16(4)9-17(5)11-19)23-21-7-6-15(3)12-20(18)21;1-14(2)9-17-13-21(18-11-15(3)10-16(4)12-18)22-20-8-6-5-7-19(17)20;1-14-10-15(2)12-18(11-14)17-8-9-20-19(13-17)16-6-4-3-5-7-16;1-8(2)5-10(12)7-11(13)6-9(3)4;1-4(5(2)7)6(3)8;2*1-4(6)3-5(2)7;;;;/h5-11,13-14,16-18H,12H2,1-4H3;6-7,9-10,12-14H,8H2,1-5H3;5-8,10-11,13-14H,9H2,1-4H3;3-6,8-13H,1-2H3;7-9,12H,5-6H2,1-4H3;7H,1-3H3;2*3,6H,1-2H3;;;;/q4*-1;;;;;;;;. The van der Waals surface area contributed by atoms with Gasteiger partial charge >= 0.3 is 0 Å². The fraction of sp³-hybridized carbons (Fsp3) is 0.310. The summed E-state index contributed by atoms with van der Waals surface area (Å²) in [6.07, 6.45) is 9.84. The topological polar surface area (TPSA) is 201 Å². The molecule has 0 amide bonds. The minimum Gasteiger partial charge on any atom is -0.512 e. The summed E-state index contributed by atoms with van der Waals surface area (Å²) in [5.41, 5.74) is 32.1. The van der Waals surface area contributed by atoms with Crippen LogP contribution in [0, 0.1) is 116 Å². The number of aromatic nitrogens is 4. The van der Waals surface area contributed by atoms with Gasteiger partial charge in [-0.25, -0.2) is 0 Å².